The van der Waals surface area contributed by atoms with Crippen LogP contribution in [0.1, 0.15) is 13.3 Å². The van der Waals surface area contributed by atoms with Crippen LogP contribution in [0.5, 0.6) is 5.75 Å². The fourth-order valence-electron chi connectivity index (χ4n) is 4.36. The van der Waals surface area contributed by atoms with Crippen molar-refractivity contribution >= 4 is 37.9 Å². The molecule has 13 heteroatoms. The van der Waals surface area contributed by atoms with Gasteiger partial charge in [0.25, 0.3) is 5.56 Å². The molecule has 2 aromatic heterocycles. The first-order valence-corrected chi connectivity index (χ1v) is 13.3. The topological polar surface area (TPSA) is 162 Å². The molecular weight excluding hydrogens is 500 g/mol. The van der Waals surface area contributed by atoms with E-state index in [0.717, 1.165) is 6.42 Å². The molecule has 0 amide bonds. The molecule has 0 aliphatic carbocycles. The third-order valence-electron chi connectivity index (χ3n) is 6.24. The third-order valence-corrected chi connectivity index (χ3v) is 8.14. The van der Waals surface area contributed by atoms with Crippen molar-refractivity contribution in [3.63, 3.8) is 0 Å². The Bertz CT molecular complexity index is 1640. The maximum absolute atomic E-state index is 13.5. The van der Waals surface area contributed by atoms with E-state index in [0.29, 0.717) is 52.9 Å². The van der Waals surface area contributed by atoms with E-state index in [9.17, 15) is 18.0 Å². The first-order valence-electron chi connectivity index (χ1n) is 11.8. The maximum atomic E-state index is 13.5. The van der Waals surface area contributed by atoms with Crippen LogP contribution in [0, 0.1) is 0 Å². The summed E-state index contributed by atoms with van der Waals surface area (Å²) in [5.41, 5.74) is 1.75. The van der Waals surface area contributed by atoms with Crippen molar-refractivity contribution in [3.8, 4) is 17.1 Å². The van der Waals surface area contributed by atoms with Gasteiger partial charge in [-0.1, -0.05) is 6.92 Å². The Hall–Kier alpha value is -3.81. The Morgan fingerprint density at radius 3 is 2.65 bits per heavy atom. The van der Waals surface area contributed by atoms with Crippen molar-refractivity contribution in [2.75, 3.05) is 39.3 Å². The van der Waals surface area contributed by atoms with Gasteiger partial charge < -0.3 is 19.8 Å². The zero-order valence-corrected chi connectivity index (χ0v) is 20.9. The summed E-state index contributed by atoms with van der Waals surface area (Å²) in [6.45, 7) is 3.19. The van der Waals surface area contributed by atoms with Crippen LogP contribution in [-0.2, 0) is 14.8 Å². The second-order valence-corrected chi connectivity index (χ2v) is 10.7. The number of rotatable bonds is 8. The van der Waals surface area contributed by atoms with Crippen LogP contribution < -0.4 is 10.3 Å². The number of carbonyl (C=O) groups is 1. The van der Waals surface area contributed by atoms with Gasteiger partial charge in [-0.05, 0) is 36.8 Å². The number of ether oxygens (including phenoxy) is 1. The number of fused-ring (bicyclic) bond motifs is 2. The van der Waals surface area contributed by atoms with Crippen molar-refractivity contribution in [2.45, 2.75) is 18.2 Å². The van der Waals surface area contributed by atoms with Gasteiger partial charge in [-0.15, -0.1) is 0 Å². The molecule has 0 unspecified atom stereocenters. The number of imidazole rings is 1. The lowest BCUT2D eigenvalue weighted by Gasteiger charge is -2.33. The summed E-state index contributed by atoms with van der Waals surface area (Å²) in [4.78, 5) is 40.2. The summed E-state index contributed by atoms with van der Waals surface area (Å²) < 4.78 is 34.1. The van der Waals surface area contributed by atoms with Crippen LogP contribution in [-0.4, -0.2) is 88.0 Å². The molecule has 0 saturated carbocycles. The average Bonchev–Trinajstić information content (AvgIpc) is 3.33. The number of aliphatic carboxylic acids is 1. The van der Waals surface area contributed by atoms with E-state index < -0.39 is 16.0 Å². The minimum atomic E-state index is -3.89. The number of hydrogen-bond acceptors (Lipinski definition) is 8. The molecule has 2 aromatic carbocycles. The van der Waals surface area contributed by atoms with Crippen molar-refractivity contribution in [2.24, 2.45) is 0 Å². The van der Waals surface area contributed by atoms with Crippen molar-refractivity contribution in [1.82, 2.24) is 29.1 Å². The number of benzene rings is 2. The zero-order chi connectivity index (χ0) is 26.2. The summed E-state index contributed by atoms with van der Waals surface area (Å²) in [7, 11) is -3.89. The first kappa shape index (κ1) is 24.9. The van der Waals surface area contributed by atoms with Crippen molar-refractivity contribution in [1.29, 1.82) is 0 Å². The molecule has 1 saturated heterocycles. The molecule has 0 bridgehead atoms. The first-order chi connectivity index (χ1) is 17.8. The molecule has 0 radical (unpaired) electrons. The molecule has 3 heterocycles. The Labute approximate surface area is 212 Å². The molecule has 5 rings (SSSR count). The highest BCUT2D eigenvalue weighted by atomic mass is 32.2. The summed E-state index contributed by atoms with van der Waals surface area (Å²) in [6, 6.07) is 7.87. The van der Waals surface area contributed by atoms with E-state index in [1.807, 2.05) is 6.92 Å². The molecule has 1 fully saturated rings. The lowest BCUT2D eigenvalue weighted by Crippen LogP contribution is -2.49. The van der Waals surface area contributed by atoms with E-state index >= 15 is 0 Å². The smallest absolute Gasteiger partial charge is 0.317 e. The number of carboxylic acids is 1. The molecule has 12 nitrogen and oxygen atoms in total. The third kappa shape index (κ3) is 4.92. The molecule has 37 heavy (non-hydrogen) atoms. The second kappa shape index (κ2) is 9.92. The summed E-state index contributed by atoms with van der Waals surface area (Å²) in [6.07, 6.45) is 2.27. The minimum absolute atomic E-state index is 0.0310. The van der Waals surface area contributed by atoms with Crippen LogP contribution in [0.15, 0.2) is 46.3 Å². The SMILES string of the molecule is CCCOc1ccc(S(=O)(=O)N2CCN(CC(=O)O)CC2)cc1-c1nc2cc3nc[nH]c3cc2c(=O)[nH]1. The maximum Gasteiger partial charge on any atom is 0.317 e. The highest BCUT2D eigenvalue weighted by Gasteiger charge is 2.30. The Morgan fingerprint density at radius 2 is 1.92 bits per heavy atom. The van der Waals surface area contributed by atoms with E-state index in [1.54, 1.807) is 23.1 Å². The predicted molar refractivity (Wildman–Crippen MR) is 136 cm³/mol. The van der Waals surface area contributed by atoms with Gasteiger partial charge >= 0.3 is 5.97 Å². The van der Waals surface area contributed by atoms with E-state index in [2.05, 4.69) is 19.9 Å². The van der Waals surface area contributed by atoms with Crippen LogP contribution in [0.4, 0.5) is 0 Å². The molecule has 0 atom stereocenters. The quantitative estimate of drug-likeness (QED) is 0.310. The van der Waals surface area contributed by atoms with Crippen molar-refractivity contribution in [3.05, 3.63) is 47.0 Å². The average molecular weight is 527 g/mol. The van der Waals surface area contributed by atoms with Gasteiger partial charge in [0.05, 0.1) is 51.9 Å². The van der Waals surface area contributed by atoms with Gasteiger partial charge in [0.2, 0.25) is 10.0 Å². The van der Waals surface area contributed by atoms with Gasteiger partial charge in [-0.2, -0.15) is 4.31 Å². The Balaban J connectivity index is 1.54. The zero-order valence-electron chi connectivity index (χ0n) is 20.1. The molecular formula is C24H26N6O6S. The van der Waals surface area contributed by atoms with Crippen LogP contribution >= 0.6 is 0 Å². The lowest BCUT2D eigenvalue weighted by molar-refractivity contribution is -0.138. The largest absolute Gasteiger partial charge is 0.493 e. The van der Waals surface area contributed by atoms with E-state index in [-0.39, 0.29) is 35.9 Å². The normalized spacial score (nSPS) is 15.4. The fraction of sp³-hybridized carbons (Fsp3) is 0.333. The molecule has 1 aliphatic heterocycles. The van der Waals surface area contributed by atoms with Crippen LogP contribution in [0.2, 0.25) is 0 Å². The monoisotopic (exact) mass is 526 g/mol. The number of sulfonamides is 1. The Morgan fingerprint density at radius 1 is 1.14 bits per heavy atom. The number of aromatic amines is 2. The van der Waals surface area contributed by atoms with Crippen molar-refractivity contribution < 1.29 is 23.1 Å². The molecule has 194 valence electrons. The summed E-state index contributed by atoms with van der Waals surface area (Å²) in [5.74, 6) is -0.370. The van der Waals surface area contributed by atoms with Gasteiger partial charge in [0.1, 0.15) is 11.6 Å². The molecule has 3 N–H and O–H groups in total. The summed E-state index contributed by atoms with van der Waals surface area (Å²) >= 11 is 0. The van der Waals surface area contributed by atoms with E-state index in [4.69, 9.17) is 9.84 Å². The van der Waals surface area contributed by atoms with Crippen LogP contribution in [0.25, 0.3) is 33.3 Å². The van der Waals surface area contributed by atoms with Gasteiger partial charge in [0, 0.05) is 26.2 Å². The predicted octanol–water partition coefficient (Wildman–Crippen LogP) is 1.65. The Kier molecular flexibility index (Phi) is 6.67. The fourth-order valence-corrected chi connectivity index (χ4v) is 5.81. The number of aromatic nitrogens is 4. The molecule has 1 aliphatic rings. The number of piperazine rings is 1. The van der Waals surface area contributed by atoms with Gasteiger partial charge in [-0.3, -0.25) is 14.5 Å². The molecule has 0 spiro atoms. The van der Waals surface area contributed by atoms with Crippen LogP contribution in [0.3, 0.4) is 0 Å². The number of carboxylic acid groups (broad SMARTS) is 1. The van der Waals surface area contributed by atoms with Gasteiger partial charge in [-0.25, -0.2) is 18.4 Å². The minimum Gasteiger partial charge on any atom is -0.493 e. The van der Waals surface area contributed by atoms with Gasteiger partial charge in [0.15, 0.2) is 0 Å². The number of hydrogen-bond donors (Lipinski definition) is 3. The number of nitrogens with zero attached hydrogens (tertiary/aromatic N) is 4. The second-order valence-electron chi connectivity index (χ2n) is 8.78. The number of H-pyrrole nitrogens is 2. The molecule has 4 aromatic rings. The number of nitrogens with one attached hydrogen (secondary N) is 2. The highest BCUT2D eigenvalue weighted by molar-refractivity contribution is 7.89. The van der Waals surface area contributed by atoms with E-state index in [1.165, 1.54) is 22.8 Å². The standard InChI is InChI=1S/C24H26N6O6S/c1-2-9-36-21-4-3-15(37(34,35)30-7-5-29(6-8-30)13-22(31)32)10-17(21)23-27-18-12-20-19(25-14-26-20)11-16(18)24(33)28-23/h3-4,10-12,14H,2,5-9,13H2,1H3,(H,25,26)(H,31,32)(H,27,28,33). The lowest BCUT2D eigenvalue weighted by atomic mass is 10.1. The summed E-state index contributed by atoms with van der Waals surface area (Å²) in [5, 5.41) is 9.38. The highest BCUT2D eigenvalue weighted by Crippen LogP contribution is 2.32.